The van der Waals surface area contributed by atoms with E-state index < -0.39 is 11.8 Å². The number of carbonyl (C=O) groups excluding carboxylic acids is 1. The van der Waals surface area contributed by atoms with Gasteiger partial charge in [-0.25, -0.2) is 14.2 Å². The van der Waals surface area contributed by atoms with E-state index in [0.29, 0.717) is 41.8 Å². The zero-order valence-electron chi connectivity index (χ0n) is 17.3. The van der Waals surface area contributed by atoms with Crippen LogP contribution in [0.25, 0.3) is 0 Å². The maximum atomic E-state index is 14.3. The van der Waals surface area contributed by atoms with Crippen LogP contribution in [0.4, 0.5) is 27.5 Å². The maximum Gasteiger partial charge on any atom is 0.344 e. The number of halogens is 1. The monoisotopic (exact) mass is 440 g/mol. The van der Waals surface area contributed by atoms with Gasteiger partial charge in [0.2, 0.25) is 5.95 Å². The number of hydrogen-bond donors (Lipinski definition) is 2. The standard InChI is InChI=1S/C22H21FN4O5/c1-2-29-20(28)13-32-16-5-3-4-14(10-16)25-21-17(23)12-24-22(27-21)26-15-6-7-18-19(11-15)31-9-8-30-18/h3-7,10-12H,2,8-9,13H2,1H3,(H2,24,25,26,27). The first-order chi connectivity index (χ1) is 15.6. The molecule has 32 heavy (non-hydrogen) atoms. The van der Waals surface area contributed by atoms with Gasteiger partial charge in [-0.1, -0.05) is 6.07 Å². The highest BCUT2D eigenvalue weighted by Gasteiger charge is 2.13. The number of hydrogen-bond acceptors (Lipinski definition) is 9. The summed E-state index contributed by atoms with van der Waals surface area (Å²) in [5.74, 6) is 0.767. The first kappa shape index (κ1) is 21.2. The quantitative estimate of drug-likeness (QED) is 0.506. The van der Waals surface area contributed by atoms with Crippen LogP contribution in [0.15, 0.2) is 48.7 Å². The van der Waals surface area contributed by atoms with Crippen LogP contribution >= 0.6 is 0 Å². The lowest BCUT2D eigenvalue weighted by atomic mass is 10.2. The summed E-state index contributed by atoms with van der Waals surface area (Å²) in [5.41, 5.74) is 1.19. The van der Waals surface area contributed by atoms with Gasteiger partial charge in [-0.05, 0) is 31.2 Å². The van der Waals surface area contributed by atoms with E-state index in [1.807, 2.05) is 0 Å². The Bertz CT molecular complexity index is 1110. The minimum atomic E-state index is -0.629. The van der Waals surface area contributed by atoms with Crippen molar-refractivity contribution in [3.63, 3.8) is 0 Å². The third-order valence-electron chi connectivity index (χ3n) is 4.30. The molecule has 0 aliphatic carbocycles. The van der Waals surface area contributed by atoms with Gasteiger partial charge in [0.05, 0.1) is 12.8 Å². The zero-order valence-corrected chi connectivity index (χ0v) is 17.3. The molecular formula is C22H21FN4O5. The molecule has 2 N–H and O–H groups in total. The van der Waals surface area contributed by atoms with Gasteiger partial charge in [-0.3, -0.25) is 0 Å². The van der Waals surface area contributed by atoms with Crippen LogP contribution in [0.5, 0.6) is 17.2 Å². The SMILES string of the molecule is CCOC(=O)COc1cccc(Nc2nc(Nc3ccc4c(c3)OCCO4)ncc2F)c1. The van der Waals surface area contributed by atoms with Crippen LogP contribution < -0.4 is 24.8 Å². The molecule has 0 unspecified atom stereocenters. The Kier molecular flexibility index (Phi) is 6.49. The second kappa shape index (κ2) is 9.82. The van der Waals surface area contributed by atoms with E-state index in [1.165, 1.54) is 0 Å². The van der Waals surface area contributed by atoms with Crippen LogP contribution in [-0.2, 0) is 9.53 Å². The van der Waals surface area contributed by atoms with Crippen LogP contribution in [0.1, 0.15) is 6.92 Å². The first-order valence-electron chi connectivity index (χ1n) is 9.95. The highest BCUT2D eigenvalue weighted by molar-refractivity contribution is 5.71. The number of nitrogens with zero attached hydrogens (tertiary/aromatic N) is 2. The number of anilines is 4. The number of nitrogens with one attached hydrogen (secondary N) is 2. The summed E-state index contributed by atoms with van der Waals surface area (Å²) < 4.78 is 35.6. The third-order valence-corrected chi connectivity index (χ3v) is 4.30. The molecule has 0 bridgehead atoms. The van der Waals surface area contributed by atoms with E-state index in [1.54, 1.807) is 49.4 Å². The molecular weight excluding hydrogens is 419 g/mol. The molecule has 0 saturated heterocycles. The summed E-state index contributed by atoms with van der Waals surface area (Å²) in [6.07, 6.45) is 1.07. The summed E-state index contributed by atoms with van der Waals surface area (Å²) in [7, 11) is 0. The number of fused-ring (bicyclic) bond motifs is 1. The van der Waals surface area contributed by atoms with Gasteiger partial charge >= 0.3 is 5.97 Å². The van der Waals surface area contributed by atoms with Gasteiger partial charge in [0.25, 0.3) is 0 Å². The highest BCUT2D eigenvalue weighted by Crippen LogP contribution is 2.33. The maximum absolute atomic E-state index is 14.3. The summed E-state index contributed by atoms with van der Waals surface area (Å²) >= 11 is 0. The summed E-state index contributed by atoms with van der Waals surface area (Å²) in [6.45, 7) is 2.75. The molecule has 0 fully saturated rings. The van der Waals surface area contributed by atoms with Crippen LogP contribution in [0, 0.1) is 5.82 Å². The van der Waals surface area contributed by atoms with Gasteiger partial charge < -0.3 is 29.6 Å². The van der Waals surface area contributed by atoms with Crippen molar-refractivity contribution in [1.82, 2.24) is 9.97 Å². The molecule has 0 radical (unpaired) electrons. The van der Waals surface area contributed by atoms with Gasteiger partial charge in [-0.15, -0.1) is 0 Å². The number of esters is 1. The van der Waals surface area contributed by atoms with Crippen molar-refractivity contribution in [2.45, 2.75) is 6.92 Å². The molecule has 1 aliphatic rings. The zero-order chi connectivity index (χ0) is 22.3. The van der Waals surface area contributed by atoms with Crippen LogP contribution in [0.2, 0.25) is 0 Å². The molecule has 2 heterocycles. The lowest BCUT2D eigenvalue weighted by Crippen LogP contribution is -2.15. The van der Waals surface area contributed by atoms with Crippen molar-refractivity contribution in [2.24, 2.45) is 0 Å². The predicted molar refractivity (Wildman–Crippen MR) is 115 cm³/mol. The second-order valence-electron chi connectivity index (χ2n) is 6.62. The average molecular weight is 440 g/mol. The molecule has 10 heteroatoms. The van der Waals surface area contributed by atoms with E-state index in [9.17, 15) is 9.18 Å². The van der Waals surface area contributed by atoms with Crippen molar-refractivity contribution in [3.8, 4) is 17.2 Å². The number of benzene rings is 2. The van der Waals surface area contributed by atoms with Crippen molar-refractivity contribution in [2.75, 3.05) is 37.1 Å². The fourth-order valence-electron chi connectivity index (χ4n) is 2.91. The molecule has 166 valence electrons. The lowest BCUT2D eigenvalue weighted by molar-refractivity contribution is -0.145. The van der Waals surface area contributed by atoms with Crippen molar-refractivity contribution in [3.05, 3.63) is 54.5 Å². The Labute approximate surface area is 183 Å². The van der Waals surface area contributed by atoms with E-state index in [4.69, 9.17) is 18.9 Å². The molecule has 2 aromatic carbocycles. The van der Waals surface area contributed by atoms with Gasteiger partial charge in [0, 0.05) is 23.5 Å². The second-order valence-corrected chi connectivity index (χ2v) is 6.62. The smallest absolute Gasteiger partial charge is 0.344 e. The Morgan fingerprint density at radius 3 is 2.75 bits per heavy atom. The minimum Gasteiger partial charge on any atom is -0.486 e. The number of aromatic nitrogens is 2. The molecule has 3 aromatic rings. The summed E-state index contributed by atoms with van der Waals surface area (Å²) in [6, 6.07) is 12.0. The third kappa shape index (κ3) is 5.34. The van der Waals surface area contributed by atoms with Gasteiger partial charge in [0.1, 0.15) is 19.0 Å². The fraction of sp³-hybridized carbons (Fsp3) is 0.227. The molecule has 0 spiro atoms. The van der Waals surface area contributed by atoms with Crippen LogP contribution in [0.3, 0.4) is 0 Å². The van der Waals surface area contributed by atoms with E-state index >= 15 is 0 Å². The molecule has 0 saturated carbocycles. The average Bonchev–Trinajstić information content (AvgIpc) is 2.80. The Balaban J connectivity index is 1.45. The molecule has 4 rings (SSSR count). The minimum absolute atomic E-state index is 0.0254. The number of carbonyl (C=O) groups is 1. The van der Waals surface area contributed by atoms with E-state index in [2.05, 4.69) is 20.6 Å². The van der Waals surface area contributed by atoms with E-state index in [-0.39, 0.29) is 25.0 Å². The normalized spacial score (nSPS) is 12.1. The molecule has 0 atom stereocenters. The lowest BCUT2D eigenvalue weighted by Gasteiger charge is -2.19. The van der Waals surface area contributed by atoms with Gasteiger partial charge in [0.15, 0.2) is 29.7 Å². The molecule has 1 aromatic heterocycles. The Morgan fingerprint density at radius 2 is 1.91 bits per heavy atom. The van der Waals surface area contributed by atoms with Crippen molar-refractivity contribution >= 4 is 29.1 Å². The molecule has 9 nitrogen and oxygen atoms in total. The first-order valence-corrected chi connectivity index (χ1v) is 9.95. The largest absolute Gasteiger partial charge is 0.486 e. The summed E-state index contributed by atoms with van der Waals surface area (Å²) in [5, 5.41) is 5.92. The number of ether oxygens (including phenoxy) is 4. The van der Waals surface area contributed by atoms with E-state index in [0.717, 1.165) is 6.20 Å². The fourth-order valence-corrected chi connectivity index (χ4v) is 2.91. The topological polar surface area (TPSA) is 104 Å². The van der Waals surface area contributed by atoms with Crippen LogP contribution in [-0.4, -0.2) is 42.4 Å². The molecule has 1 aliphatic heterocycles. The van der Waals surface area contributed by atoms with Gasteiger partial charge in [-0.2, -0.15) is 4.98 Å². The highest BCUT2D eigenvalue weighted by atomic mass is 19.1. The Hall–Kier alpha value is -4.08. The molecule has 0 amide bonds. The summed E-state index contributed by atoms with van der Waals surface area (Å²) in [4.78, 5) is 19.6. The Morgan fingerprint density at radius 1 is 1.09 bits per heavy atom. The van der Waals surface area contributed by atoms with Crippen molar-refractivity contribution in [1.29, 1.82) is 0 Å². The predicted octanol–water partition coefficient (Wildman–Crippen LogP) is 3.82. The number of rotatable bonds is 8. The van der Waals surface area contributed by atoms with Crippen molar-refractivity contribution < 1.29 is 28.1 Å².